The summed E-state index contributed by atoms with van der Waals surface area (Å²) in [5.74, 6) is -1.02. The molecule has 0 aromatic heterocycles. The minimum Gasteiger partial charge on any atom is -0.466 e. The number of carbonyl (C=O) groups is 1. The van der Waals surface area contributed by atoms with Crippen LogP contribution in [0.1, 0.15) is 33.1 Å². The van der Waals surface area contributed by atoms with Gasteiger partial charge in [-0.05, 0) is 19.8 Å². The zero-order valence-electron chi connectivity index (χ0n) is 10.5. The summed E-state index contributed by atoms with van der Waals surface area (Å²) in [6.07, 6.45) is 0.434. The fraction of sp³-hybridized carbons (Fsp3) is 0.900. The van der Waals surface area contributed by atoms with Crippen LogP contribution >= 0.6 is 0 Å². The van der Waals surface area contributed by atoms with Crippen molar-refractivity contribution in [3.63, 3.8) is 0 Å². The molecule has 1 heterocycles. The average Bonchev–Trinajstić information content (AvgIpc) is 2.45. The van der Waals surface area contributed by atoms with Crippen molar-refractivity contribution in [1.29, 1.82) is 0 Å². The smallest absolute Gasteiger partial charge is 0.305 e. The Kier molecular flexibility index (Phi) is 4.42. The minimum absolute atomic E-state index is 0.0331. The molecule has 1 rings (SSSR count). The summed E-state index contributed by atoms with van der Waals surface area (Å²) in [7, 11) is -7.26. The second kappa shape index (κ2) is 5.16. The molecule has 1 fully saturated rings. The Labute approximate surface area is 108 Å². The van der Waals surface area contributed by atoms with Crippen molar-refractivity contribution in [3.8, 4) is 0 Å². The van der Waals surface area contributed by atoms with Gasteiger partial charge in [0.1, 0.15) is 0 Å². The third-order valence-electron chi connectivity index (χ3n) is 3.26. The zero-order chi connectivity index (χ0) is 14.0. The molecule has 8 heteroatoms. The first-order valence-corrected chi connectivity index (χ1v) is 9.07. The predicted octanol–water partition coefficient (Wildman–Crippen LogP) is 0.279. The van der Waals surface area contributed by atoms with Crippen LogP contribution in [0.15, 0.2) is 0 Å². The van der Waals surface area contributed by atoms with E-state index in [1.165, 1.54) is 6.92 Å². The van der Waals surface area contributed by atoms with Gasteiger partial charge in [0.2, 0.25) is 0 Å². The second-order valence-corrected chi connectivity index (χ2v) is 9.79. The van der Waals surface area contributed by atoms with Gasteiger partial charge in [-0.25, -0.2) is 16.8 Å². The molecular weight excluding hydrogens is 280 g/mol. The molecule has 106 valence electrons. The van der Waals surface area contributed by atoms with Gasteiger partial charge in [0.15, 0.2) is 23.8 Å². The van der Waals surface area contributed by atoms with Gasteiger partial charge in [-0.1, -0.05) is 6.92 Å². The average molecular weight is 298 g/mol. The molecule has 0 spiro atoms. The van der Waals surface area contributed by atoms with Crippen molar-refractivity contribution in [3.05, 3.63) is 0 Å². The van der Waals surface area contributed by atoms with Crippen molar-refractivity contribution < 1.29 is 26.4 Å². The summed E-state index contributed by atoms with van der Waals surface area (Å²) in [5, 5.41) is 0. The van der Waals surface area contributed by atoms with Gasteiger partial charge in [0, 0.05) is 6.42 Å². The van der Waals surface area contributed by atoms with Crippen LogP contribution < -0.4 is 0 Å². The molecule has 6 nitrogen and oxygen atoms in total. The van der Waals surface area contributed by atoms with Gasteiger partial charge in [0.25, 0.3) is 0 Å². The quantitative estimate of drug-likeness (QED) is 0.534. The third kappa shape index (κ3) is 2.69. The van der Waals surface area contributed by atoms with Gasteiger partial charge < -0.3 is 4.74 Å². The van der Waals surface area contributed by atoms with Crippen LogP contribution in [-0.4, -0.2) is 45.0 Å². The summed E-state index contributed by atoms with van der Waals surface area (Å²) in [6, 6.07) is 0. The fourth-order valence-corrected chi connectivity index (χ4v) is 7.41. The van der Waals surface area contributed by atoms with Crippen LogP contribution in [0.2, 0.25) is 0 Å². The van der Waals surface area contributed by atoms with Crippen LogP contribution in [-0.2, 0) is 29.2 Å². The van der Waals surface area contributed by atoms with Crippen molar-refractivity contribution >= 4 is 25.6 Å². The molecule has 0 atom stereocenters. The molecule has 1 aliphatic rings. The summed E-state index contributed by atoms with van der Waals surface area (Å²) >= 11 is 0. The Balaban J connectivity index is 2.67. The molecule has 0 unspecified atom stereocenters. The largest absolute Gasteiger partial charge is 0.466 e. The van der Waals surface area contributed by atoms with Gasteiger partial charge in [-0.3, -0.25) is 4.79 Å². The van der Waals surface area contributed by atoms with E-state index >= 15 is 0 Å². The number of hydrogen-bond acceptors (Lipinski definition) is 6. The van der Waals surface area contributed by atoms with Gasteiger partial charge >= 0.3 is 5.97 Å². The first-order chi connectivity index (χ1) is 8.16. The Hall–Kier alpha value is -0.630. The monoisotopic (exact) mass is 298 g/mol. The van der Waals surface area contributed by atoms with Crippen LogP contribution in [0.3, 0.4) is 0 Å². The van der Waals surface area contributed by atoms with Crippen LogP contribution in [0, 0.1) is 0 Å². The highest BCUT2D eigenvalue weighted by atomic mass is 32.3. The van der Waals surface area contributed by atoms with E-state index in [1.54, 1.807) is 6.92 Å². The van der Waals surface area contributed by atoms with Crippen LogP contribution in [0.4, 0.5) is 0 Å². The minimum atomic E-state index is -3.63. The highest BCUT2D eigenvalue weighted by molar-refractivity contribution is 8.13. The summed E-state index contributed by atoms with van der Waals surface area (Å²) in [6.45, 7) is 2.94. The Morgan fingerprint density at radius 2 is 1.67 bits per heavy atom. The molecule has 0 aromatic rings. The summed E-state index contributed by atoms with van der Waals surface area (Å²) in [5.41, 5.74) is 0. The highest BCUT2D eigenvalue weighted by Crippen LogP contribution is 2.36. The van der Waals surface area contributed by atoms with Crippen LogP contribution in [0.25, 0.3) is 0 Å². The van der Waals surface area contributed by atoms with E-state index in [1.807, 2.05) is 0 Å². The van der Waals surface area contributed by atoms with Crippen molar-refractivity contribution in [1.82, 2.24) is 0 Å². The molecule has 0 radical (unpaired) electrons. The van der Waals surface area contributed by atoms with E-state index in [-0.39, 0.29) is 43.3 Å². The van der Waals surface area contributed by atoms with E-state index in [0.29, 0.717) is 0 Å². The number of sulfone groups is 2. The molecule has 1 saturated heterocycles. The topological polar surface area (TPSA) is 94.6 Å². The standard InChI is InChI=1S/C10H18O6S2/c1-3-9(11)16-6-4-5-10(2)17(12,13)7-8-18(10,14)15/h3-8H2,1-2H3. The van der Waals surface area contributed by atoms with E-state index in [9.17, 15) is 21.6 Å². The van der Waals surface area contributed by atoms with Crippen molar-refractivity contribution in [2.24, 2.45) is 0 Å². The first-order valence-electron chi connectivity index (χ1n) is 5.76. The molecule has 1 aliphatic heterocycles. The molecule has 0 saturated carbocycles. The van der Waals surface area contributed by atoms with Gasteiger partial charge in [0.05, 0.1) is 18.1 Å². The number of esters is 1. The van der Waals surface area contributed by atoms with Gasteiger partial charge in [-0.15, -0.1) is 0 Å². The maximum absolute atomic E-state index is 11.8. The van der Waals surface area contributed by atoms with E-state index in [0.717, 1.165) is 0 Å². The Morgan fingerprint density at radius 1 is 1.17 bits per heavy atom. The van der Waals surface area contributed by atoms with Crippen molar-refractivity contribution in [2.45, 2.75) is 37.2 Å². The lowest BCUT2D eigenvalue weighted by Gasteiger charge is -2.21. The maximum Gasteiger partial charge on any atom is 0.305 e. The molecule has 0 amide bonds. The maximum atomic E-state index is 11.8. The number of ether oxygens (including phenoxy) is 1. The lowest BCUT2D eigenvalue weighted by molar-refractivity contribution is -0.143. The predicted molar refractivity (Wildman–Crippen MR) is 66.5 cm³/mol. The summed E-state index contributed by atoms with van der Waals surface area (Å²) in [4.78, 5) is 10.9. The highest BCUT2D eigenvalue weighted by Gasteiger charge is 2.55. The lowest BCUT2D eigenvalue weighted by atomic mass is 10.2. The molecule has 0 aromatic carbocycles. The summed E-state index contributed by atoms with van der Waals surface area (Å²) < 4.78 is 50.3. The first kappa shape index (κ1) is 15.4. The Morgan fingerprint density at radius 3 is 2.11 bits per heavy atom. The fourth-order valence-electron chi connectivity index (χ4n) is 1.84. The number of rotatable bonds is 5. The SMILES string of the molecule is CCC(=O)OCCCC1(C)S(=O)(=O)CCS1(=O)=O. The number of hydrogen-bond donors (Lipinski definition) is 0. The van der Waals surface area contributed by atoms with Crippen molar-refractivity contribution in [2.75, 3.05) is 18.1 Å². The molecular formula is C10H18O6S2. The molecule has 0 N–H and O–H groups in total. The Bertz CT molecular complexity index is 483. The molecule has 18 heavy (non-hydrogen) atoms. The normalized spacial score (nSPS) is 23.7. The van der Waals surface area contributed by atoms with Gasteiger partial charge in [-0.2, -0.15) is 0 Å². The zero-order valence-corrected chi connectivity index (χ0v) is 12.1. The lowest BCUT2D eigenvalue weighted by Crippen LogP contribution is -2.38. The molecule has 0 bridgehead atoms. The van der Waals surface area contributed by atoms with E-state index in [2.05, 4.69) is 0 Å². The van der Waals surface area contributed by atoms with E-state index < -0.39 is 23.8 Å². The third-order valence-corrected chi connectivity index (χ3v) is 9.57. The van der Waals surface area contributed by atoms with E-state index in [4.69, 9.17) is 4.74 Å². The molecule has 0 aliphatic carbocycles. The van der Waals surface area contributed by atoms with Crippen LogP contribution in [0.5, 0.6) is 0 Å². The second-order valence-electron chi connectivity index (χ2n) is 4.45. The number of carbonyl (C=O) groups excluding carboxylic acids is 1.